The van der Waals surface area contributed by atoms with E-state index in [4.69, 9.17) is 21.4 Å². The molecule has 1 aliphatic rings. The predicted octanol–water partition coefficient (Wildman–Crippen LogP) is 2.86. The third-order valence-corrected chi connectivity index (χ3v) is 4.40. The summed E-state index contributed by atoms with van der Waals surface area (Å²) in [7, 11) is 1.38. The van der Waals surface area contributed by atoms with E-state index >= 15 is 0 Å². The fourth-order valence-corrected chi connectivity index (χ4v) is 3.09. The van der Waals surface area contributed by atoms with Gasteiger partial charge in [-0.3, -0.25) is 4.90 Å². The fourth-order valence-electron chi connectivity index (χ4n) is 2.92. The molecule has 0 aromatic heterocycles. The van der Waals surface area contributed by atoms with Crippen LogP contribution in [0.5, 0.6) is 0 Å². The second-order valence-electron chi connectivity index (χ2n) is 5.43. The highest BCUT2D eigenvalue weighted by molar-refractivity contribution is 6.31. The van der Waals surface area contributed by atoms with Crippen LogP contribution in [0.4, 0.5) is 0 Å². The number of hydrogen-bond acceptors (Lipinski definition) is 4. The van der Waals surface area contributed by atoms with E-state index in [1.54, 1.807) is 12.1 Å². The summed E-state index contributed by atoms with van der Waals surface area (Å²) in [4.78, 5) is 14.0. The summed E-state index contributed by atoms with van der Waals surface area (Å²) in [6, 6.07) is 5.75. The van der Waals surface area contributed by atoms with Gasteiger partial charge in [0.2, 0.25) is 0 Å². The lowest BCUT2D eigenvalue weighted by Crippen LogP contribution is -2.29. The van der Waals surface area contributed by atoms with Crippen LogP contribution < -0.4 is 0 Å². The van der Waals surface area contributed by atoms with Crippen molar-refractivity contribution in [3.05, 3.63) is 34.3 Å². The molecule has 0 radical (unpaired) electrons. The van der Waals surface area contributed by atoms with Gasteiger partial charge in [-0.15, -0.1) is 0 Å². The van der Waals surface area contributed by atoms with Crippen molar-refractivity contribution in [1.29, 1.82) is 0 Å². The maximum atomic E-state index is 11.6. The number of carbonyl (C=O) groups is 1. The van der Waals surface area contributed by atoms with Crippen LogP contribution in [-0.4, -0.2) is 42.3 Å². The maximum absolute atomic E-state index is 11.6. The molecule has 1 aliphatic heterocycles. The van der Waals surface area contributed by atoms with Crippen LogP contribution >= 0.6 is 11.6 Å². The van der Waals surface area contributed by atoms with Crippen molar-refractivity contribution in [1.82, 2.24) is 4.90 Å². The summed E-state index contributed by atoms with van der Waals surface area (Å²) >= 11 is 6.26. The lowest BCUT2D eigenvalue weighted by Gasteiger charge is -2.25. The third kappa shape index (κ3) is 4.19. The molecule has 5 heteroatoms. The van der Waals surface area contributed by atoms with Crippen LogP contribution in [0.15, 0.2) is 18.2 Å². The van der Waals surface area contributed by atoms with Crippen molar-refractivity contribution in [3.63, 3.8) is 0 Å². The number of halogens is 1. The van der Waals surface area contributed by atoms with E-state index in [0.29, 0.717) is 16.6 Å². The summed E-state index contributed by atoms with van der Waals surface area (Å²) in [5, 5.41) is 9.66. The van der Waals surface area contributed by atoms with Gasteiger partial charge in [-0.2, -0.15) is 0 Å². The first-order chi connectivity index (χ1) is 10.2. The van der Waals surface area contributed by atoms with Gasteiger partial charge < -0.3 is 9.84 Å². The minimum atomic E-state index is -0.342. The zero-order chi connectivity index (χ0) is 15.2. The molecule has 0 amide bonds. The average Bonchev–Trinajstić information content (AvgIpc) is 2.93. The lowest BCUT2D eigenvalue weighted by molar-refractivity contribution is 0.0600. The maximum Gasteiger partial charge on any atom is 0.337 e. The monoisotopic (exact) mass is 311 g/mol. The van der Waals surface area contributed by atoms with Crippen LogP contribution in [0.2, 0.25) is 5.02 Å². The van der Waals surface area contributed by atoms with E-state index in [2.05, 4.69) is 4.90 Å². The molecule has 1 atom stereocenters. The summed E-state index contributed by atoms with van der Waals surface area (Å²) in [5.74, 6) is -0.342. The van der Waals surface area contributed by atoms with Crippen LogP contribution in [0, 0.1) is 0 Å². The summed E-state index contributed by atoms with van der Waals surface area (Å²) in [5.41, 5.74) is 1.48. The number of rotatable bonds is 6. The van der Waals surface area contributed by atoms with Gasteiger partial charge in [0, 0.05) is 24.2 Å². The molecule has 1 aromatic rings. The van der Waals surface area contributed by atoms with Crippen molar-refractivity contribution in [2.24, 2.45) is 0 Å². The Morgan fingerprint density at radius 1 is 1.52 bits per heavy atom. The summed E-state index contributed by atoms with van der Waals surface area (Å²) < 4.78 is 4.75. The van der Waals surface area contributed by atoms with Crippen LogP contribution in [0.25, 0.3) is 0 Å². The Labute approximate surface area is 130 Å². The number of benzene rings is 1. The smallest absolute Gasteiger partial charge is 0.337 e. The highest BCUT2D eigenvalue weighted by Gasteiger charge is 2.24. The van der Waals surface area contributed by atoms with Gasteiger partial charge in [-0.05, 0) is 56.0 Å². The SMILES string of the molecule is COC(=O)c1ccc(Cl)c(CN2CCCC2CCCO)c1. The zero-order valence-corrected chi connectivity index (χ0v) is 13.1. The lowest BCUT2D eigenvalue weighted by atomic mass is 10.1. The quantitative estimate of drug-likeness (QED) is 0.821. The van der Waals surface area contributed by atoms with Gasteiger partial charge in [0.15, 0.2) is 0 Å². The Hall–Kier alpha value is -1.10. The highest BCUT2D eigenvalue weighted by Crippen LogP contribution is 2.26. The number of aliphatic hydroxyl groups is 1. The van der Waals surface area contributed by atoms with Crippen molar-refractivity contribution in [2.45, 2.75) is 38.3 Å². The van der Waals surface area contributed by atoms with E-state index in [1.165, 1.54) is 13.5 Å². The van der Waals surface area contributed by atoms with E-state index in [1.807, 2.05) is 6.07 Å². The molecule has 0 spiro atoms. The Morgan fingerprint density at radius 2 is 2.33 bits per heavy atom. The molecule has 1 saturated heterocycles. The van der Waals surface area contributed by atoms with Gasteiger partial charge in [-0.1, -0.05) is 11.6 Å². The third-order valence-electron chi connectivity index (χ3n) is 4.03. The number of aliphatic hydroxyl groups excluding tert-OH is 1. The van der Waals surface area contributed by atoms with E-state index in [-0.39, 0.29) is 12.6 Å². The minimum Gasteiger partial charge on any atom is -0.465 e. The molecule has 4 nitrogen and oxygen atoms in total. The summed E-state index contributed by atoms with van der Waals surface area (Å²) in [6.07, 6.45) is 4.17. The van der Waals surface area contributed by atoms with Gasteiger partial charge in [0.25, 0.3) is 0 Å². The first-order valence-corrected chi connectivity index (χ1v) is 7.75. The Kier molecular flexibility index (Phi) is 6.03. The number of carbonyl (C=O) groups excluding carboxylic acids is 1. The Balaban J connectivity index is 2.09. The van der Waals surface area contributed by atoms with E-state index < -0.39 is 0 Å². The molecule has 0 bridgehead atoms. The molecule has 1 aromatic carbocycles. The van der Waals surface area contributed by atoms with Crippen molar-refractivity contribution in [3.8, 4) is 0 Å². The first kappa shape index (κ1) is 16.3. The molecule has 1 unspecified atom stereocenters. The number of hydrogen-bond donors (Lipinski definition) is 1. The number of likely N-dealkylation sites (tertiary alicyclic amines) is 1. The molecule has 1 N–H and O–H groups in total. The fraction of sp³-hybridized carbons (Fsp3) is 0.562. The standard InChI is InChI=1S/C16H22ClNO3/c1-21-16(20)12-6-7-15(17)13(10-12)11-18-8-2-4-14(18)5-3-9-19/h6-7,10,14,19H,2-5,8-9,11H2,1H3. The predicted molar refractivity (Wildman–Crippen MR) is 82.5 cm³/mol. The van der Waals surface area contributed by atoms with E-state index in [0.717, 1.165) is 37.9 Å². The van der Waals surface area contributed by atoms with Crippen LogP contribution in [0.1, 0.15) is 41.6 Å². The molecular formula is C16H22ClNO3. The highest BCUT2D eigenvalue weighted by atomic mass is 35.5. The Morgan fingerprint density at radius 3 is 3.05 bits per heavy atom. The molecule has 2 rings (SSSR count). The zero-order valence-electron chi connectivity index (χ0n) is 12.3. The van der Waals surface area contributed by atoms with Gasteiger partial charge in [0.05, 0.1) is 12.7 Å². The van der Waals surface area contributed by atoms with Gasteiger partial charge in [-0.25, -0.2) is 4.79 Å². The van der Waals surface area contributed by atoms with Crippen LogP contribution in [0.3, 0.4) is 0 Å². The molecule has 0 saturated carbocycles. The number of nitrogens with zero attached hydrogens (tertiary/aromatic N) is 1. The second kappa shape index (κ2) is 7.78. The molecule has 1 fully saturated rings. The second-order valence-corrected chi connectivity index (χ2v) is 5.84. The minimum absolute atomic E-state index is 0.239. The molecule has 0 aliphatic carbocycles. The van der Waals surface area contributed by atoms with Crippen molar-refractivity contribution in [2.75, 3.05) is 20.3 Å². The molecule has 21 heavy (non-hydrogen) atoms. The largest absolute Gasteiger partial charge is 0.465 e. The molecule has 1 heterocycles. The molecule has 116 valence electrons. The van der Waals surface area contributed by atoms with E-state index in [9.17, 15) is 4.79 Å². The van der Waals surface area contributed by atoms with Gasteiger partial charge >= 0.3 is 5.97 Å². The first-order valence-electron chi connectivity index (χ1n) is 7.37. The summed E-state index contributed by atoms with van der Waals surface area (Å²) in [6.45, 7) is 2.01. The topological polar surface area (TPSA) is 49.8 Å². The molecular weight excluding hydrogens is 290 g/mol. The van der Waals surface area contributed by atoms with Gasteiger partial charge in [0.1, 0.15) is 0 Å². The average molecular weight is 312 g/mol. The Bertz CT molecular complexity index is 492. The number of esters is 1. The normalized spacial score (nSPS) is 18.9. The van der Waals surface area contributed by atoms with Crippen LogP contribution in [-0.2, 0) is 11.3 Å². The van der Waals surface area contributed by atoms with Crippen molar-refractivity contribution >= 4 is 17.6 Å². The number of ether oxygens (including phenoxy) is 1. The van der Waals surface area contributed by atoms with Crippen molar-refractivity contribution < 1.29 is 14.6 Å². The number of methoxy groups -OCH3 is 1.